The van der Waals surface area contributed by atoms with Crippen LogP contribution in [0.25, 0.3) is 11.0 Å². The number of hydroxylamine groups is 1. The number of aromatic nitrogens is 2. The molecule has 0 aliphatic rings. The first-order valence-corrected chi connectivity index (χ1v) is 6.92. The summed E-state index contributed by atoms with van der Waals surface area (Å²) >= 11 is 0. The zero-order valence-corrected chi connectivity index (χ0v) is 12.4. The lowest BCUT2D eigenvalue weighted by Crippen LogP contribution is -2.19. The van der Waals surface area contributed by atoms with Gasteiger partial charge in [-0.25, -0.2) is 10.3 Å². The van der Waals surface area contributed by atoms with E-state index in [1.165, 1.54) is 0 Å². The average molecular weight is 313 g/mol. The van der Waals surface area contributed by atoms with Crippen molar-refractivity contribution in [2.75, 3.05) is 7.11 Å². The zero-order valence-electron chi connectivity index (χ0n) is 12.4. The molecule has 0 saturated carbocycles. The van der Waals surface area contributed by atoms with Gasteiger partial charge in [0.25, 0.3) is 5.91 Å². The van der Waals surface area contributed by atoms with Crippen molar-refractivity contribution in [1.82, 2.24) is 15.0 Å². The van der Waals surface area contributed by atoms with E-state index in [9.17, 15) is 9.59 Å². The maximum Gasteiger partial charge on any atom is 0.326 e. The summed E-state index contributed by atoms with van der Waals surface area (Å²) in [6.45, 7) is 0.367. The quantitative estimate of drug-likeness (QED) is 0.502. The molecule has 1 amide bonds. The number of carbonyl (C=O) groups excluding carboxylic acids is 1. The number of nitrogens with one attached hydrogen (secondary N) is 2. The van der Waals surface area contributed by atoms with Gasteiger partial charge in [-0.05, 0) is 29.8 Å². The van der Waals surface area contributed by atoms with Crippen LogP contribution in [0.4, 0.5) is 0 Å². The fourth-order valence-corrected chi connectivity index (χ4v) is 2.44. The molecule has 0 spiro atoms. The summed E-state index contributed by atoms with van der Waals surface area (Å²) in [5, 5.41) is 8.60. The molecule has 0 unspecified atom stereocenters. The fraction of sp³-hybridized carbons (Fsp3) is 0.125. The van der Waals surface area contributed by atoms with Gasteiger partial charge in [0, 0.05) is 11.6 Å². The van der Waals surface area contributed by atoms with Crippen molar-refractivity contribution in [2.24, 2.45) is 0 Å². The largest absolute Gasteiger partial charge is 0.497 e. The molecule has 118 valence electrons. The topological polar surface area (TPSA) is 96.4 Å². The van der Waals surface area contributed by atoms with Crippen LogP contribution in [0.2, 0.25) is 0 Å². The van der Waals surface area contributed by atoms with Crippen molar-refractivity contribution in [3.8, 4) is 5.75 Å². The highest BCUT2D eigenvalue weighted by molar-refractivity contribution is 5.93. The number of carbonyl (C=O) groups is 1. The molecule has 0 aliphatic heterocycles. The van der Waals surface area contributed by atoms with Gasteiger partial charge >= 0.3 is 5.69 Å². The van der Waals surface area contributed by atoms with Crippen LogP contribution in [0, 0.1) is 0 Å². The van der Waals surface area contributed by atoms with E-state index in [4.69, 9.17) is 9.94 Å². The number of benzene rings is 2. The average Bonchev–Trinajstić information content (AvgIpc) is 2.89. The highest BCUT2D eigenvalue weighted by Crippen LogP contribution is 2.19. The SMILES string of the molecule is COc1ccc2c(c1)[nH]c(=O)n2Cc1ccc(C(=O)NO)cc1. The molecule has 0 radical (unpaired) electrons. The third-order valence-electron chi connectivity index (χ3n) is 3.64. The minimum Gasteiger partial charge on any atom is -0.497 e. The lowest BCUT2D eigenvalue weighted by atomic mass is 10.1. The van der Waals surface area contributed by atoms with Gasteiger partial charge in [-0.1, -0.05) is 12.1 Å². The maximum atomic E-state index is 12.1. The molecular weight excluding hydrogens is 298 g/mol. The van der Waals surface area contributed by atoms with Crippen molar-refractivity contribution in [3.63, 3.8) is 0 Å². The van der Waals surface area contributed by atoms with Gasteiger partial charge in [0.1, 0.15) is 5.75 Å². The van der Waals surface area contributed by atoms with Gasteiger partial charge in [0.15, 0.2) is 0 Å². The first-order chi connectivity index (χ1) is 11.1. The molecule has 0 bridgehead atoms. The van der Waals surface area contributed by atoms with E-state index in [1.807, 2.05) is 6.07 Å². The Kier molecular flexibility index (Phi) is 3.86. The first-order valence-electron chi connectivity index (χ1n) is 6.92. The Morgan fingerprint density at radius 2 is 2.00 bits per heavy atom. The van der Waals surface area contributed by atoms with E-state index in [0.29, 0.717) is 23.4 Å². The van der Waals surface area contributed by atoms with E-state index >= 15 is 0 Å². The van der Waals surface area contributed by atoms with Crippen LogP contribution < -0.4 is 15.9 Å². The number of ether oxygens (including phenoxy) is 1. The van der Waals surface area contributed by atoms with Gasteiger partial charge in [-0.2, -0.15) is 0 Å². The number of rotatable bonds is 4. The number of hydrogen-bond donors (Lipinski definition) is 3. The van der Waals surface area contributed by atoms with Crippen molar-refractivity contribution in [1.29, 1.82) is 0 Å². The first kappa shape index (κ1) is 14.9. The molecule has 0 fully saturated rings. The molecule has 3 rings (SSSR count). The second kappa shape index (κ2) is 5.98. The van der Waals surface area contributed by atoms with Crippen LogP contribution in [0.1, 0.15) is 15.9 Å². The summed E-state index contributed by atoms with van der Waals surface area (Å²) in [7, 11) is 1.57. The van der Waals surface area contributed by atoms with Crippen molar-refractivity contribution < 1.29 is 14.7 Å². The van der Waals surface area contributed by atoms with Gasteiger partial charge in [-0.3, -0.25) is 14.6 Å². The Morgan fingerprint density at radius 3 is 2.65 bits per heavy atom. The Bertz CT molecular complexity index is 909. The monoisotopic (exact) mass is 313 g/mol. The number of fused-ring (bicyclic) bond motifs is 1. The lowest BCUT2D eigenvalue weighted by Gasteiger charge is -2.06. The summed E-state index contributed by atoms with van der Waals surface area (Å²) in [5.41, 5.74) is 4.03. The Morgan fingerprint density at radius 1 is 1.26 bits per heavy atom. The van der Waals surface area contributed by atoms with Crippen LogP contribution >= 0.6 is 0 Å². The highest BCUT2D eigenvalue weighted by atomic mass is 16.5. The molecular formula is C16H15N3O4. The van der Waals surface area contributed by atoms with E-state index in [-0.39, 0.29) is 5.69 Å². The third kappa shape index (κ3) is 2.82. The number of nitrogens with zero attached hydrogens (tertiary/aromatic N) is 1. The van der Waals surface area contributed by atoms with Gasteiger partial charge in [0.05, 0.1) is 24.7 Å². The molecule has 7 nitrogen and oxygen atoms in total. The molecule has 23 heavy (non-hydrogen) atoms. The standard InChI is InChI=1S/C16H15N3O4/c1-23-12-6-7-14-13(8-12)17-16(21)19(14)9-10-2-4-11(5-3-10)15(20)18-22/h2-8,22H,9H2,1H3,(H,17,21)(H,18,20). The van der Waals surface area contributed by atoms with Crippen molar-refractivity contribution >= 4 is 16.9 Å². The number of H-pyrrole nitrogens is 1. The number of methoxy groups -OCH3 is 1. The van der Waals surface area contributed by atoms with E-state index < -0.39 is 5.91 Å². The Balaban J connectivity index is 1.93. The molecule has 1 heterocycles. The Labute approximate surface area is 131 Å². The van der Waals surface area contributed by atoms with Crippen LogP contribution in [-0.2, 0) is 6.54 Å². The molecule has 7 heteroatoms. The van der Waals surface area contributed by atoms with Crippen LogP contribution in [0.15, 0.2) is 47.3 Å². The maximum absolute atomic E-state index is 12.1. The lowest BCUT2D eigenvalue weighted by molar-refractivity contribution is 0.0706. The summed E-state index contributed by atoms with van der Waals surface area (Å²) in [6.07, 6.45) is 0. The van der Waals surface area contributed by atoms with Crippen molar-refractivity contribution in [2.45, 2.75) is 6.54 Å². The molecule has 0 saturated heterocycles. The van der Waals surface area contributed by atoms with Crippen molar-refractivity contribution in [3.05, 3.63) is 64.1 Å². The molecule has 2 aromatic carbocycles. The van der Waals surface area contributed by atoms with Crippen LogP contribution in [-0.4, -0.2) is 27.8 Å². The smallest absolute Gasteiger partial charge is 0.326 e. The van der Waals surface area contributed by atoms with E-state index in [2.05, 4.69) is 4.98 Å². The fourth-order valence-electron chi connectivity index (χ4n) is 2.44. The highest BCUT2D eigenvalue weighted by Gasteiger charge is 2.09. The second-order valence-corrected chi connectivity index (χ2v) is 5.04. The minimum atomic E-state index is -0.576. The van der Waals surface area contributed by atoms with E-state index in [0.717, 1.165) is 11.1 Å². The number of aromatic amines is 1. The van der Waals surface area contributed by atoms with Gasteiger partial charge < -0.3 is 9.72 Å². The summed E-state index contributed by atoms with van der Waals surface area (Å²) in [6, 6.07) is 12.0. The Hall–Kier alpha value is -3.06. The number of amides is 1. The molecule has 3 N–H and O–H groups in total. The van der Waals surface area contributed by atoms with Crippen LogP contribution in [0.5, 0.6) is 5.75 Å². The predicted octanol–water partition coefficient (Wildman–Crippen LogP) is 1.51. The summed E-state index contributed by atoms with van der Waals surface area (Å²) in [4.78, 5) is 26.2. The van der Waals surface area contributed by atoms with Gasteiger partial charge in [0.2, 0.25) is 0 Å². The van der Waals surface area contributed by atoms with Crippen LogP contribution in [0.3, 0.4) is 0 Å². The second-order valence-electron chi connectivity index (χ2n) is 5.04. The predicted molar refractivity (Wildman–Crippen MR) is 83.9 cm³/mol. The van der Waals surface area contributed by atoms with E-state index in [1.54, 1.807) is 53.6 Å². The number of imidazole rings is 1. The van der Waals surface area contributed by atoms with Gasteiger partial charge in [-0.15, -0.1) is 0 Å². The minimum absolute atomic E-state index is 0.217. The molecule has 0 atom stereocenters. The normalized spacial score (nSPS) is 10.7. The number of hydrogen-bond acceptors (Lipinski definition) is 4. The molecule has 3 aromatic rings. The third-order valence-corrected chi connectivity index (χ3v) is 3.64. The molecule has 0 aliphatic carbocycles. The summed E-state index contributed by atoms with van der Waals surface area (Å²) in [5.74, 6) is 0.0955. The summed E-state index contributed by atoms with van der Waals surface area (Å²) < 4.78 is 6.75. The zero-order chi connectivity index (χ0) is 16.4. The molecule has 1 aromatic heterocycles.